The molecule has 138 valence electrons. The van der Waals surface area contributed by atoms with Gasteiger partial charge in [0.15, 0.2) is 17.5 Å². The van der Waals surface area contributed by atoms with E-state index in [0.29, 0.717) is 25.8 Å². The Morgan fingerprint density at radius 1 is 1.15 bits per heavy atom. The average Bonchev–Trinajstić information content (AvgIpc) is 3.13. The predicted octanol–water partition coefficient (Wildman–Crippen LogP) is 2.12. The van der Waals surface area contributed by atoms with Crippen molar-refractivity contribution in [3.05, 3.63) is 47.7 Å². The largest absolute Gasteiger partial charge is 0.478 e. The maximum absolute atomic E-state index is 5.42. The van der Waals surface area contributed by atoms with Crippen molar-refractivity contribution in [2.24, 2.45) is 4.99 Å². The molecule has 2 N–H and O–H groups in total. The lowest BCUT2D eigenvalue weighted by Gasteiger charge is -2.12. The van der Waals surface area contributed by atoms with Crippen molar-refractivity contribution in [3.8, 4) is 17.4 Å². The third kappa shape index (κ3) is 4.78. The van der Waals surface area contributed by atoms with Crippen molar-refractivity contribution in [1.29, 1.82) is 0 Å². The summed E-state index contributed by atoms with van der Waals surface area (Å²) < 4.78 is 16.2. The number of hydrogen-bond donors (Lipinski definition) is 2. The van der Waals surface area contributed by atoms with Gasteiger partial charge in [-0.05, 0) is 42.7 Å². The third-order valence-corrected chi connectivity index (χ3v) is 3.92. The fourth-order valence-electron chi connectivity index (χ4n) is 2.62. The van der Waals surface area contributed by atoms with E-state index in [4.69, 9.17) is 14.2 Å². The van der Waals surface area contributed by atoms with Crippen LogP contribution in [-0.4, -0.2) is 37.9 Å². The molecule has 0 radical (unpaired) electrons. The first-order valence-corrected chi connectivity index (χ1v) is 8.69. The van der Waals surface area contributed by atoms with E-state index in [1.807, 2.05) is 31.2 Å². The molecule has 1 aromatic carbocycles. The maximum atomic E-state index is 5.42. The molecule has 0 atom stereocenters. The van der Waals surface area contributed by atoms with Gasteiger partial charge < -0.3 is 24.8 Å². The molecule has 0 fully saturated rings. The minimum absolute atomic E-state index is 0.299. The molecule has 26 heavy (non-hydrogen) atoms. The van der Waals surface area contributed by atoms with Crippen LogP contribution < -0.4 is 24.8 Å². The zero-order valence-corrected chi connectivity index (χ0v) is 15.1. The molecule has 0 saturated heterocycles. The zero-order valence-electron chi connectivity index (χ0n) is 15.1. The van der Waals surface area contributed by atoms with Crippen molar-refractivity contribution in [3.63, 3.8) is 0 Å². The molecule has 0 bridgehead atoms. The van der Waals surface area contributed by atoms with E-state index >= 15 is 0 Å². The SMILES string of the molecule is CCOc1cc(CNC(=NC)NCCc2ccc3c(c2)OCO3)ccn1. The summed E-state index contributed by atoms with van der Waals surface area (Å²) in [5.74, 6) is 3.01. The van der Waals surface area contributed by atoms with Gasteiger partial charge in [-0.25, -0.2) is 4.98 Å². The van der Waals surface area contributed by atoms with Crippen LogP contribution >= 0.6 is 0 Å². The summed E-state index contributed by atoms with van der Waals surface area (Å²) in [6, 6.07) is 9.90. The Kier molecular flexibility index (Phi) is 6.14. The Labute approximate surface area is 153 Å². The van der Waals surface area contributed by atoms with Gasteiger partial charge in [0.2, 0.25) is 12.7 Å². The van der Waals surface area contributed by atoms with Gasteiger partial charge in [-0.3, -0.25) is 4.99 Å². The molecule has 1 aliphatic heterocycles. The molecule has 0 aliphatic carbocycles. The summed E-state index contributed by atoms with van der Waals surface area (Å²) in [7, 11) is 1.76. The molecule has 1 aromatic heterocycles. The Bertz CT molecular complexity index is 764. The minimum Gasteiger partial charge on any atom is -0.478 e. The van der Waals surface area contributed by atoms with E-state index in [-0.39, 0.29) is 0 Å². The van der Waals surface area contributed by atoms with Gasteiger partial charge in [0.1, 0.15) is 0 Å². The highest BCUT2D eigenvalue weighted by Crippen LogP contribution is 2.32. The highest BCUT2D eigenvalue weighted by atomic mass is 16.7. The molecule has 0 saturated carbocycles. The lowest BCUT2D eigenvalue weighted by Crippen LogP contribution is -2.37. The molecule has 3 rings (SSSR count). The van der Waals surface area contributed by atoms with E-state index in [0.717, 1.165) is 36.0 Å². The quantitative estimate of drug-likeness (QED) is 0.585. The van der Waals surface area contributed by atoms with Crippen LogP contribution in [0.5, 0.6) is 17.4 Å². The zero-order chi connectivity index (χ0) is 18.2. The average molecular weight is 356 g/mol. The number of rotatable bonds is 7. The van der Waals surface area contributed by atoms with Crippen LogP contribution in [0.1, 0.15) is 18.1 Å². The number of guanidine groups is 1. The standard InChI is InChI=1S/C19H24N4O3/c1-3-24-18-11-15(7-8-21-18)12-23-19(20-2)22-9-6-14-4-5-16-17(10-14)26-13-25-16/h4-5,7-8,10-11H,3,6,9,12-13H2,1-2H3,(H2,20,22,23). The Morgan fingerprint density at radius 2 is 2.04 bits per heavy atom. The number of pyridine rings is 1. The number of aliphatic imine (C=N–C) groups is 1. The predicted molar refractivity (Wildman–Crippen MR) is 99.9 cm³/mol. The monoisotopic (exact) mass is 356 g/mol. The van der Waals surface area contributed by atoms with Crippen LogP contribution in [0.15, 0.2) is 41.5 Å². The third-order valence-electron chi connectivity index (χ3n) is 3.92. The molecular formula is C19H24N4O3. The summed E-state index contributed by atoms with van der Waals surface area (Å²) in [4.78, 5) is 8.42. The van der Waals surface area contributed by atoms with Crippen molar-refractivity contribution in [2.75, 3.05) is 27.0 Å². The van der Waals surface area contributed by atoms with Crippen molar-refractivity contribution >= 4 is 5.96 Å². The van der Waals surface area contributed by atoms with Crippen LogP contribution in [0.2, 0.25) is 0 Å². The molecule has 0 amide bonds. The second-order valence-electron chi connectivity index (χ2n) is 5.73. The van der Waals surface area contributed by atoms with Gasteiger partial charge in [-0.1, -0.05) is 6.07 Å². The maximum Gasteiger partial charge on any atom is 0.231 e. The minimum atomic E-state index is 0.299. The fourth-order valence-corrected chi connectivity index (χ4v) is 2.62. The molecule has 7 nitrogen and oxygen atoms in total. The highest BCUT2D eigenvalue weighted by Gasteiger charge is 2.12. The van der Waals surface area contributed by atoms with Gasteiger partial charge in [-0.2, -0.15) is 0 Å². The molecule has 1 aliphatic rings. The van der Waals surface area contributed by atoms with Crippen molar-refractivity contribution in [1.82, 2.24) is 15.6 Å². The Hall–Kier alpha value is -2.96. The molecular weight excluding hydrogens is 332 g/mol. The number of nitrogens with one attached hydrogen (secondary N) is 2. The van der Waals surface area contributed by atoms with Gasteiger partial charge in [0.25, 0.3) is 0 Å². The van der Waals surface area contributed by atoms with Crippen LogP contribution in [0.25, 0.3) is 0 Å². The van der Waals surface area contributed by atoms with Crippen LogP contribution in [0.4, 0.5) is 0 Å². The normalized spacial score (nSPS) is 12.8. The lowest BCUT2D eigenvalue weighted by atomic mass is 10.1. The van der Waals surface area contributed by atoms with E-state index < -0.39 is 0 Å². The van der Waals surface area contributed by atoms with Crippen molar-refractivity contribution in [2.45, 2.75) is 19.9 Å². The van der Waals surface area contributed by atoms with E-state index in [2.05, 4.69) is 26.7 Å². The summed E-state index contributed by atoms with van der Waals surface area (Å²) in [5, 5.41) is 6.61. The first-order chi connectivity index (χ1) is 12.8. The number of benzene rings is 1. The van der Waals surface area contributed by atoms with Gasteiger partial charge in [0, 0.05) is 32.4 Å². The number of ether oxygens (including phenoxy) is 3. The Balaban J connectivity index is 1.45. The van der Waals surface area contributed by atoms with Crippen LogP contribution in [0.3, 0.4) is 0 Å². The molecule has 7 heteroatoms. The van der Waals surface area contributed by atoms with E-state index in [9.17, 15) is 0 Å². The highest BCUT2D eigenvalue weighted by molar-refractivity contribution is 5.79. The first kappa shape index (κ1) is 17.8. The van der Waals surface area contributed by atoms with Gasteiger partial charge in [0.05, 0.1) is 6.61 Å². The van der Waals surface area contributed by atoms with Crippen molar-refractivity contribution < 1.29 is 14.2 Å². The number of hydrogen-bond acceptors (Lipinski definition) is 5. The first-order valence-electron chi connectivity index (χ1n) is 8.69. The number of aromatic nitrogens is 1. The number of fused-ring (bicyclic) bond motifs is 1. The fraction of sp³-hybridized carbons (Fsp3) is 0.368. The van der Waals surface area contributed by atoms with Gasteiger partial charge >= 0.3 is 0 Å². The second-order valence-corrected chi connectivity index (χ2v) is 5.73. The second kappa shape index (κ2) is 8.94. The summed E-state index contributed by atoms with van der Waals surface area (Å²) in [6.45, 7) is 4.26. The van der Waals surface area contributed by atoms with Gasteiger partial charge in [-0.15, -0.1) is 0 Å². The summed E-state index contributed by atoms with van der Waals surface area (Å²) >= 11 is 0. The summed E-state index contributed by atoms with van der Waals surface area (Å²) in [6.07, 6.45) is 2.61. The molecule has 2 aromatic rings. The molecule has 0 unspecified atom stereocenters. The Morgan fingerprint density at radius 3 is 2.88 bits per heavy atom. The summed E-state index contributed by atoms with van der Waals surface area (Å²) in [5.41, 5.74) is 2.27. The van der Waals surface area contributed by atoms with E-state index in [1.54, 1.807) is 13.2 Å². The smallest absolute Gasteiger partial charge is 0.231 e. The topological polar surface area (TPSA) is 77.0 Å². The lowest BCUT2D eigenvalue weighted by molar-refractivity contribution is 0.174. The van der Waals surface area contributed by atoms with E-state index in [1.165, 1.54) is 5.56 Å². The van der Waals surface area contributed by atoms with Crippen LogP contribution in [-0.2, 0) is 13.0 Å². The van der Waals surface area contributed by atoms with Crippen LogP contribution in [0, 0.1) is 0 Å². The number of nitrogens with zero attached hydrogens (tertiary/aromatic N) is 2. The molecule has 0 spiro atoms. The molecule has 2 heterocycles.